The second kappa shape index (κ2) is 6.89. The third kappa shape index (κ3) is 4.49. The lowest BCUT2D eigenvalue weighted by molar-refractivity contribution is -0.138. The zero-order valence-corrected chi connectivity index (χ0v) is 11.3. The van der Waals surface area contributed by atoms with Gasteiger partial charge in [-0.1, -0.05) is 0 Å². The molecule has 2 aliphatic heterocycles. The molecule has 0 aliphatic carbocycles. The Hall–Kier alpha value is -1.10. The molecule has 0 aromatic rings. The highest BCUT2D eigenvalue weighted by Crippen LogP contribution is 2.23. The van der Waals surface area contributed by atoms with Gasteiger partial charge in [-0.05, 0) is 38.0 Å². The number of carbonyl (C=O) groups is 2. The molecule has 5 heteroatoms. The van der Waals surface area contributed by atoms with E-state index in [1.807, 2.05) is 4.90 Å². The fourth-order valence-electron chi connectivity index (χ4n) is 2.93. The van der Waals surface area contributed by atoms with Crippen molar-refractivity contribution in [2.24, 2.45) is 5.92 Å². The maximum atomic E-state index is 12.1. The van der Waals surface area contributed by atoms with E-state index in [-0.39, 0.29) is 18.4 Å². The molecule has 108 valence electrons. The smallest absolute Gasteiger partial charge is 0.303 e. The molecule has 2 aliphatic rings. The summed E-state index contributed by atoms with van der Waals surface area (Å²) in [5.74, 6) is -0.0663. The Morgan fingerprint density at radius 3 is 2.53 bits per heavy atom. The molecule has 2 fully saturated rings. The highest BCUT2D eigenvalue weighted by Gasteiger charge is 2.26. The third-order valence-electron chi connectivity index (χ3n) is 4.16. The van der Waals surface area contributed by atoms with E-state index in [4.69, 9.17) is 9.84 Å². The Morgan fingerprint density at radius 1 is 1.21 bits per heavy atom. The first-order chi connectivity index (χ1) is 9.15. The van der Waals surface area contributed by atoms with Crippen molar-refractivity contribution in [1.82, 2.24) is 4.90 Å². The molecular weight excluding hydrogens is 246 g/mol. The summed E-state index contributed by atoms with van der Waals surface area (Å²) in [4.78, 5) is 24.5. The van der Waals surface area contributed by atoms with E-state index in [0.717, 1.165) is 51.8 Å². The van der Waals surface area contributed by atoms with Crippen LogP contribution >= 0.6 is 0 Å². The molecule has 1 N–H and O–H groups in total. The van der Waals surface area contributed by atoms with E-state index in [1.165, 1.54) is 0 Å². The molecule has 0 aromatic carbocycles. The van der Waals surface area contributed by atoms with Gasteiger partial charge in [0.2, 0.25) is 5.91 Å². The molecule has 0 aromatic heterocycles. The van der Waals surface area contributed by atoms with E-state index in [9.17, 15) is 9.59 Å². The molecule has 1 atom stereocenters. The number of hydrogen-bond acceptors (Lipinski definition) is 3. The van der Waals surface area contributed by atoms with Crippen LogP contribution in [0, 0.1) is 5.92 Å². The van der Waals surface area contributed by atoms with Crippen molar-refractivity contribution < 1.29 is 19.4 Å². The molecule has 19 heavy (non-hydrogen) atoms. The molecule has 0 radical (unpaired) electrons. The Balaban J connectivity index is 1.67. The first-order valence-electron chi connectivity index (χ1n) is 7.26. The second-order valence-electron chi connectivity index (χ2n) is 5.60. The molecule has 2 rings (SSSR count). The van der Waals surface area contributed by atoms with Crippen LogP contribution in [-0.4, -0.2) is 47.7 Å². The highest BCUT2D eigenvalue weighted by molar-refractivity contribution is 5.76. The third-order valence-corrected chi connectivity index (χ3v) is 4.16. The van der Waals surface area contributed by atoms with Crippen molar-refractivity contribution in [3.8, 4) is 0 Å². The van der Waals surface area contributed by atoms with Crippen LogP contribution in [0.5, 0.6) is 0 Å². The van der Waals surface area contributed by atoms with Gasteiger partial charge in [-0.2, -0.15) is 0 Å². The monoisotopic (exact) mass is 269 g/mol. The molecule has 2 saturated heterocycles. The van der Waals surface area contributed by atoms with Gasteiger partial charge >= 0.3 is 5.97 Å². The van der Waals surface area contributed by atoms with Crippen molar-refractivity contribution in [3.05, 3.63) is 0 Å². The van der Waals surface area contributed by atoms with Crippen LogP contribution in [0.25, 0.3) is 0 Å². The predicted octanol–water partition coefficient (Wildman–Crippen LogP) is 1.66. The number of hydrogen-bond donors (Lipinski definition) is 1. The van der Waals surface area contributed by atoms with Gasteiger partial charge < -0.3 is 14.7 Å². The minimum Gasteiger partial charge on any atom is -0.481 e. The minimum absolute atomic E-state index is 0.122. The molecule has 0 saturated carbocycles. The van der Waals surface area contributed by atoms with Crippen molar-refractivity contribution in [2.45, 2.75) is 51.0 Å². The number of carboxylic acids is 1. The zero-order chi connectivity index (χ0) is 13.7. The van der Waals surface area contributed by atoms with Crippen molar-refractivity contribution in [1.29, 1.82) is 0 Å². The standard InChI is InChI=1S/C14H23NO4/c16-13(10-12-2-1-9-19-12)15-7-5-11(6-8-15)3-4-14(17)18/h11-12H,1-10H2,(H,17,18). The van der Waals surface area contributed by atoms with Gasteiger partial charge in [-0.15, -0.1) is 0 Å². The first kappa shape index (κ1) is 14.3. The summed E-state index contributed by atoms with van der Waals surface area (Å²) >= 11 is 0. The van der Waals surface area contributed by atoms with Crippen molar-refractivity contribution >= 4 is 11.9 Å². The number of nitrogens with zero attached hydrogens (tertiary/aromatic N) is 1. The number of carbonyl (C=O) groups excluding carboxylic acids is 1. The summed E-state index contributed by atoms with van der Waals surface area (Å²) in [6.07, 6.45) is 5.56. The van der Waals surface area contributed by atoms with Gasteiger partial charge in [-0.25, -0.2) is 0 Å². The molecule has 0 spiro atoms. The number of ether oxygens (including phenoxy) is 1. The maximum absolute atomic E-state index is 12.1. The zero-order valence-electron chi connectivity index (χ0n) is 11.3. The molecule has 1 unspecified atom stereocenters. The lowest BCUT2D eigenvalue weighted by Crippen LogP contribution is -2.39. The fourth-order valence-corrected chi connectivity index (χ4v) is 2.93. The summed E-state index contributed by atoms with van der Waals surface area (Å²) in [7, 11) is 0. The molecule has 2 heterocycles. The summed E-state index contributed by atoms with van der Waals surface area (Å²) in [6, 6.07) is 0. The van der Waals surface area contributed by atoms with Crippen LogP contribution in [0.2, 0.25) is 0 Å². The van der Waals surface area contributed by atoms with Crippen molar-refractivity contribution in [2.75, 3.05) is 19.7 Å². The van der Waals surface area contributed by atoms with Gasteiger partial charge in [-0.3, -0.25) is 9.59 Å². The van der Waals surface area contributed by atoms with E-state index in [2.05, 4.69) is 0 Å². The Bertz CT molecular complexity index is 317. The van der Waals surface area contributed by atoms with Gasteiger partial charge in [0.25, 0.3) is 0 Å². The lowest BCUT2D eigenvalue weighted by atomic mass is 9.92. The number of likely N-dealkylation sites (tertiary alicyclic amines) is 1. The maximum Gasteiger partial charge on any atom is 0.303 e. The van der Waals surface area contributed by atoms with Crippen LogP contribution in [0.3, 0.4) is 0 Å². The van der Waals surface area contributed by atoms with Gasteiger partial charge in [0.15, 0.2) is 0 Å². The first-order valence-corrected chi connectivity index (χ1v) is 7.26. The van der Waals surface area contributed by atoms with E-state index in [1.54, 1.807) is 0 Å². The summed E-state index contributed by atoms with van der Waals surface area (Å²) in [5.41, 5.74) is 0. The Labute approximate surface area is 113 Å². The predicted molar refractivity (Wildman–Crippen MR) is 69.8 cm³/mol. The normalized spacial score (nSPS) is 24.6. The summed E-state index contributed by atoms with van der Waals surface area (Å²) in [5, 5.41) is 8.67. The highest BCUT2D eigenvalue weighted by atomic mass is 16.5. The number of piperidine rings is 1. The summed E-state index contributed by atoms with van der Waals surface area (Å²) < 4.78 is 5.49. The van der Waals surface area contributed by atoms with Gasteiger partial charge in [0.1, 0.15) is 0 Å². The molecular formula is C14H23NO4. The molecule has 5 nitrogen and oxygen atoms in total. The second-order valence-corrected chi connectivity index (χ2v) is 5.60. The molecule has 0 bridgehead atoms. The van der Waals surface area contributed by atoms with E-state index < -0.39 is 5.97 Å². The van der Waals surface area contributed by atoms with Crippen LogP contribution in [0.4, 0.5) is 0 Å². The Morgan fingerprint density at radius 2 is 1.95 bits per heavy atom. The molecule has 1 amide bonds. The minimum atomic E-state index is -0.725. The lowest BCUT2D eigenvalue weighted by Gasteiger charge is -2.32. The average Bonchev–Trinajstić information content (AvgIpc) is 2.89. The van der Waals surface area contributed by atoms with Crippen LogP contribution < -0.4 is 0 Å². The quantitative estimate of drug-likeness (QED) is 0.824. The number of aliphatic carboxylic acids is 1. The van der Waals surface area contributed by atoms with Crippen LogP contribution in [0.1, 0.15) is 44.9 Å². The number of rotatable bonds is 5. The van der Waals surface area contributed by atoms with Gasteiger partial charge in [0.05, 0.1) is 12.5 Å². The van der Waals surface area contributed by atoms with E-state index >= 15 is 0 Å². The van der Waals surface area contributed by atoms with E-state index in [0.29, 0.717) is 12.3 Å². The average molecular weight is 269 g/mol. The topological polar surface area (TPSA) is 66.8 Å². The fraction of sp³-hybridized carbons (Fsp3) is 0.857. The van der Waals surface area contributed by atoms with Crippen LogP contribution in [0.15, 0.2) is 0 Å². The number of carboxylic acid groups (broad SMARTS) is 1. The summed E-state index contributed by atoms with van der Waals surface area (Å²) in [6.45, 7) is 2.33. The SMILES string of the molecule is O=C(O)CCC1CCN(C(=O)CC2CCCO2)CC1. The van der Waals surface area contributed by atoms with Gasteiger partial charge in [0, 0.05) is 26.1 Å². The largest absolute Gasteiger partial charge is 0.481 e. The Kier molecular flexibility index (Phi) is 5.19. The number of amides is 1. The van der Waals surface area contributed by atoms with Crippen molar-refractivity contribution in [3.63, 3.8) is 0 Å². The van der Waals surface area contributed by atoms with Crippen LogP contribution in [-0.2, 0) is 14.3 Å².